The fourth-order valence-electron chi connectivity index (χ4n) is 2.34. The van der Waals surface area contributed by atoms with Gasteiger partial charge in [0.05, 0.1) is 0 Å². The first-order valence-electron chi connectivity index (χ1n) is 6.15. The van der Waals surface area contributed by atoms with Gasteiger partial charge in [-0.25, -0.2) is 4.79 Å². The molecule has 0 saturated heterocycles. The summed E-state index contributed by atoms with van der Waals surface area (Å²) in [5, 5.41) is 5.90. The number of pyridine rings is 1. The molecule has 2 rings (SSSR count). The molecule has 1 aliphatic carbocycles. The molecular weight excluding hydrogens is 232 g/mol. The van der Waals surface area contributed by atoms with Gasteiger partial charge in [0, 0.05) is 30.9 Å². The molecule has 0 saturated carbocycles. The molecular formula is C12H18N4O2. The van der Waals surface area contributed by atoms with Gasteiger partial charge >= 0.3 is 6.03 Å². The summed E-state index contributed by atoms with van der Waals surface area (Å²) in [6, 6.07) is 3.16. The smallest absolute Gasteiger partial charge is 0.312 e. The fourth-order valence-corrected chi connectivity index (χ4v) is 2.34. The highest BCUT2D eigenvalue weighted by Crippen LogP contribution is 2.26. The highest BCUT2D eigenvalue weighted by atomic mass is 16.2. The number of amides is 2. The first-order chi connectivity index (χ1) is 8.66. The summed E-state index contributed by atoms with van der Waals surface area (Å²) >= 11 is 0. The number of nitrogens with one attached hydrogen (secondary N) is 3. The van der Waals surface area contributed by atoms with Gasteiger partial charge in [-0.3, -0.25) is 4.79 Å². The maximum Gasteiger partial charge on any atom is 0.312 e. The van der Waals surface area contributed by atoms with Crippen LogP contribution in [0.4, 0.5) is 4.79 Å². The predicted octanol–water partition coefficient (Wildman–Crippen LogP) is 0.0102. The highest BCUT2D eigenvalue weighted by molar-refractivity contribution is 5.71. The van der Waals surface area contributed by atoms with E-state index in [0.29, 0.717) is 13.1 Å². The monoisotopic (exact) mass is 250 g/mol. The summed E-state index contributed by atoms with van der Waals surface area (Å²) in [6.07, 6.45) is 3.01. The summed E-state index contributed by atoms with van der Waals surface area (Å²) in [4.78, 5) is 24.7. The normalized spacial score (nSPS) is 18.1. The zero-order valence-electron chi connectivity index (χ0n) is 10.2. The molecule has 6 nitrogen and oxygen atoms in total. The maximum absolute atomic E-state index is 11.2. The Kier molecular flexibility index (Phi) is 3.99. The number of hydrogen-bond acceptors (Lipinski definition) is 3. The second-order valence-corrected chi connectivity index (χ2v) is 4.45. The number of fused-ring (bicyclic) bond motifs is 1. The van der Waals surface area contributed by atoms with E-state index in [1.54, 1.807) is 6.07 Å². The van der Waals surface area contributed by atoms with E-state index in [1.807, 2.05) is 6.07 Å². The minimum absolute atomic E-state index is 0.0511. The number of primary amides is 1. The summed E-state index contributed by atoms with van der Waals surface area (Å²) < 4.78 is 0. The summed E-state index contributed by atoms with van der Waals surface area (Å²) in [5.41, 5.74) is 7.11. The van der Waals surface area contributed by atoms with E-state index in [4.69, 9.17) is 5.73 Å². The summed E-state index contributed by atoms with van der Waals surface area (Å²) in [5.74, 6) is 0. The molecule has 1 heterocycles. The van der Waals surface area contributed by atoms with Gasteiger partial charge in [0.15, 0.2) is 0 Å². The zero-order chi connectivity index (χ0) is 13.0. The minimum atomic E-state index is -0.509. The predicted molar refractivity (Wildman–Crippen MR) is 68.3 cm³/mol. The number of H-pyrrole nitrogens is 1. The number of rotatable bonds is 4. The number of carbonyl (C=O) groups excluding carboxylic acids is 1. The van der Waals surface area contributed by atoms with Crippen LogP contribution >= 0.6 is 0 Å². The molecule has 6 heteroatoms. The maximum atomic E-state index is 11.2. The Morgan fingerprint density at radius 3 is 3.06 bits per heavy atom. The molecule has 0 bridgehead atoms. The largest absolute Gasteiger partial charge is 0.352 e. The highest BCUT2D eigenvalue weighted by Gasteiger charge is 2.19. The van der Waals surface area contributed by atoms with Crippen molar-refractivity contribution in [3.8, 4) is 0 Å². The molecule has 1 aliphatic rings. The fraction of sp³-hybridized carbons (Fsp3) is 0.500. The second-order valence-electron chi connectivity index (χ2n) is 4.45. The third-order valence-corrected chi connectivity index (χ3v) is 3.15. The van der Waals surface area contributed by atoms with Crippen molar-refractivity contribution in [1.29, 1.82) is 0 Å². The molecule has 1 atom stereocenters. The topological polar surface area (TPSA) is 100 Å². The van der Waals surface area contributed by atoms with Gasteiger partial charge in [0.1, 0.15) is 0 Å². The average Bonchev–Trinajstić information content (AvgIpc) is 2.34. The molecule has 0 spiro atoms. The molecule has 18 heavy (non-hydrogen) atoms. The Morgan fingerprint density at radius 1 is 1.44 bits per heavy atom. The molecule has 2 amide bonds. The SMILES string of the molecule is NC(=O)NCCNC1CCCc2[nH]c(=O)ccc21. The third-order valence-electron chi connectivity index (χ3n) is 3.15. The van der Waals surface area contributed by atoms with Gasteiger partial charge in [-0.05, 0) is 24.8 Å². The Morgan fingerprint density at radius 2 is 2.28 bits per heavy atom. The summed E-state index contributed by atoms with van der Waals surface area (Å²) in [6.45, 7) is 1.16. The number of aromatic nitrogens is 1. The van der Waals surface area contributed by atoms with Crippen LogP contribution in [0.2, 0.25) is 0 Å². The number of nitrogens with two attached hydrogens (primary N) is 1. The standard InChI is InChI=1S/C12H18N4O2/c13-12(18)15-7-6-14-9-2-1-3-10-8(9)4-5-11(17)16-10/h4-5,9,14H,1-3,6-7H2,(H,16,17)(H3,13,15,18). The van der Waals surface area contributed by atoms with Crippen LogP contribution in [0, 0.1) is 0 Å². The lowest BCUT2D eigenvalue weighted by atomic mass is 9.91. The Labute approximate surface area is 105 Å². The molecule has 0 fully saturated rings. The molecule has 98 valence electrons. The Bertz CT molecular complexity index is 483. The van der Waals surface area contributed by atoms with Crippen molar-refractivity contribution in [2.24, 2.45) is 5.73 Å². The minimum Gasteiger partial charge on any atom is -0.352 e. The van der Waals surface area contributed by atoms with Gasteiger partial charge in [-0.15, -0.1) is 0 Å². The number of carbonyl (C=O) groups is 1. The number of aryl methyl sites for hydroxylation is 1. The molecule has 0 aromatic carbocycles. The van der Waals surface area contributed by atoms with Crippen LogP contribution < -0.4 is 21.9 Å². The second kappa shape index (κ2) is 5.68. The molecule has 0 radical (unpaired) electrons. The van der Waals surface area contributed by atoms with Crippen LogP contribution in [-0.2, 0) is 6.42 Å². The zero-order valence-corrected chi connectivity index (χ0v) is 10.2. The Balaban J connectivity index is 1.95. The van der Waals surface area contributed by atoms with Crippen molar-refractivity contribution in [2.75, 3.05) is 13.1 Å². The lowest BCUT2D eigenvalue weighted by molar-refractivity contribution is 0.248. The van der Waals surface area contributed by atoms with Crippen LogP contribution in [-0.4, -0.2) is 24.1 Å². The average molecular weight is 250 g/mol. The van der Waals surface area contributed by atoms with Gasteiger partial charge < -0.3 is 21.4 Å². The van der Waals surface area contributed by atoms with Gasteiger partial charge in [-0.1, -0.05) is 6.07 Å². The van der Waals surface area contributed by atoms with Crippen LogP contribution in [0.15, 0.2) is 16.9 Å². The molecule has 0 aliphatic heterocycles. The van der Waals surface area contributed by atoms with E-state index >= 15 is 0 Å². The number of urea groups is 1. The lowest BCUT2D eigenvalue weighted by Gasteiger charge is -2.26. The number of hydrogen-bond donors (Lipinski definition) is 4. The third kappa shape index (κ3) is 3.10. The molecule has 1 aromatic heterocycles. The molecule has 1 unspecified atom stereocenters. The van der Waals surface area contributed by atoms with Crippen LogP contribution in [0.25, 0.3) is 0 Å². The number of aromatic amines is 1. The van der Waals surface area contributed by atoms with Crippen molar-refractivity contribution in [3.63, 3.8) is 0 Å². The van der Waals surface area contributed by atoms with Gasteiger partial charge in [0.25, 0.3) is 0 Å². The molecule has 1 aromatic rings. The van der Waals surface area contributed by atoms with Gasteiger partial charge in [-0.2, -0.15) is 0 Å². The van der Waals surface area contributed by atoms with Crippen molar-refractivity contribution < 1.29 is 4.79 Å². The van der Waals surface area contributed by atoms with E-state index in [0.717, 1.165) is 30.5 Å². The quantitative estimate of drug-likeness (QED) is 0.566. The summed E-state index contributed by atoms with van der Waals surface area (Å²) in [7, 11) is 0. The van der Waals surface area contributed by atoms with E-state index in [1.165, 1.54) is 0 Å². The van der Waals surface area contributed by atoms with Crippen LogP contribution in [0.5, 0.6) is 0 Å². The van der Waals surface area contributed by atoms with Crippen molar-refractivity contribution in [3.05, 3.63) is 33.7 Å². The van der Waals surface area contributed by atoms with E-state index in [9.17, 15) is 9.59 Å². The van der Waals surface area contributed by atoms with Crippen molar-refractivity contribution in [1.82, 2.24) is 15.6 Å². The van der Waals surface area contributed by atoms with Gasteiger partial charge in [0.2, 0.25) is 5.56 Å². The van der Waals surface area contributed by atoms with E-state index in [2.05, 4.69) is 15.6 Å². The van der Waals surface area contributed by atoms with Crippen molar-refractivity contribution in [2.45, 2.75) is 25.3 Å². The van der Waals surface area contributed by atoms with E-state index < -0.39 is 6.03 Å². The molecule has 5 N–H and O–H groups in total. The lowest BCUT2D eigenvalue weighted by Crippen LogP contribution is -2.37. The first kappa shape index (κ1) is 12.6. The van der Waals surface area contributed by atoms with Crippen LogP contribution in [0.1, 0.15) is 30.1 Å². The van der Waals surface area contributed by atoms with Crippen molar-refractivity contribution >= 4 is 6.03 Å². The first-order valence-corrected chi connectivity index (χ1v) is 6.15. The van der Waals surface area contributed by atoms with E-state index in [-0.39, 0.29) is 11.6 Å². The Hall–Kier alpha value is -1.82. The van der Waals surface area contributed by atoms with Crippen LogP contribution in [0.3, 0.4) is 0 Å².